The van der Waals surface area contributed by atoms with Gasteiger partial charge in [0.2, 0.25) is 0 Å². The average Bonchev–Trinajstić information content (AvgIpc) is 2.98. The molecule has 0 N–H and O–H groups in total. The van der Waals surface area contributed by atoms with Crippen LogP contribution in [-0.2, 0) is 21.7 Å². The molecule has 0 saturated heterocycles. The third kappa shape index (κ3) is 8.13. The molecule has 1 aliphatic rings. The second-order valence-corrected chi connectivity index (χ2v) is 11.3. The number of benzene rings is 1. The van der Waals surface area contributed by atoms with Crippen LogP contribution in [0.5, 0.6) is 0 Å². The van der Waals surface area contributed by atoms with Crippen LogP contribution in [0.1, 0.15) is 87.6 Å². The van der Waals surface area contributed by atoms with Gasteiger partial charge in [-0.2, -0.15) is 5.57 Å². The van der Waals surface area contributed by atoms with Gasteiger partial charge >= 0.3 is 21.7 Å². The van der Waals surface area contributed by atoms with Gasteiger partial charge in [-0.25, -0.2) is 16.8 Å². The van der Waals surface area contributed by atoms with Crippen molar-refractivity contribution in [3.63, 3.8) is 0 Å². The minimum atomic E-state index is -0.443. The zero-order chi connectivity index (χ0) is 19.6. The first-order chi connectivity index (χ1) is 12.1. The van der Waals surface area contributed by atoms with Gasteiger partial charge in [-0.3, -0.25) is 0 Å². The average molecular weight is 522 g/mol. The molecule has 0 aliphatic heterocycles. The van der Waals surface area contributed by atoms with Crippen molar-refractivity contribution >= 4 is 14.7 Å². The van der Waals surface area contributed by atoms with E-state index < -0.39 is 9.52 Å². The van der Waals surface area contributed by atoms with E-state index in [1.807, 2.05) is 0 Å². The summed E-state index contributed by atoms with van der Waals surface area (Å²) < 4.78 is 0. The molecule has 0 saturated carbocycles. The van der Waals surface area contributed by atoms with Gasteiger partial charge in [0.25, 0.3) is 0 Å². The fourth-order valence-electron chi connectivity index (χ4n) is 4.32. The fourth-order valence-corrected chi connectivity index (χ4v) is 7.03. The van der Waals surface area contributed by atoms with Crippen molar-refractivity contribution < 1.29 is 58.9 Å². The molecule has 0 fully saturated rings. The summed E-state index contributed by atoms with van der Waals surface area (Å²) in [5, 5.41) is 3.44. The van der Waals surface area contributed by atoms with Crippen molar-refractivity contribution in [2.24, 2.45) is 5.41 Å². The van der Waals surface area contributed by atoms with E-state index in [9.17, 15) is 0 Å². The molecule has 5 heteroatoms. The maximum atomic E-state index is 3.87. The Morgan fingerprint density at radius 3 is 1.70 bits per heavy atom. The second-order valence-electron chi connectivity index (χ2n) is 9.37. The first kappa shape index (κ1) is 35.1. The van der Waals surface area contributed by atoms with Crippen LogP contribution in [0.2, 0.25) is 0 Å². The summed E-state index contributed by atoms with van der Waals surface area (Å²) in [6, 6.07) is 0. The first-order valence-electron chi connectivity index (χ1n) is 10.5. The molecule has 30 heavy (non-hydrogen) atoms. The van der Waals surface area contributed by atoms with Gasteiger partial charge in [-0.05, 0) is 66.2 Å². The van der Waals surface area contributed by atoms with E-state index >= 15 is 0 Å². The van der Waals surface area contributed by atoms with Crippen molar-refractivity contribution in [1.82, 2.24) is 0 Å². The summed E-state index contributed by atoms with van der Waals surface area (Å²) in [5.41, 5.74) is 10.9. The topological polar surface area (TPSA) is 0 Å². The van der Waals surface area contributed by atoms with Gasteiger partial charge < -0.3 is 37.2 Å². The summed E-state index contributed by atoms with van der Waals surface area (Å²) in [4.78, 5) is 0. The minimum absolute atomic E-state index is 0. The van der Waals surface area contributed by atoms with E-state index in [4.69, 9.17) is 0 Å². The summed E-state index contributed by atoms with van der Waals surface area (Å²) >= 11 is 0. The maximum Gasteiger partial charge on any atom is 4.00 e. The van der Waals surface area contributed by atoms with E-state index in [2.05, 4.69) is 68.4 Å². The molecule has 1 aromatic rings. The normalized spacial score (nSPS) is 13.4. The van der Waals surface area contributed by atoms with Crippen LogP contribution in [0.15, 0.2) is 16.3 Å². The Labute approximate surface area is 222 Å². The summed E-state index contributed by atoms with van der Waals surface area (Å²) in [7, 11) is -0.443. The molecule has 168 valence electrons. The van der Waals surface area contributed by atoms with Crippen LogP contribution in [0.25, 0.3) is 0 Å². The Kier molecular flexibility index (Phi) is 17.1. The molecule has 0 unspecified atom stereocenters. The number of halogens is 3. The van der Waals surface area contributed by atoms with Crippen LogP contribution in [0, 0.1) is 46.1 Å². The van der Waals surface area contributed by atoms with Gasteiger partial charge in [-0.15, -0.1) is 0 Å². The number of hydrogen-bond acceptors (Lipinski definition) is 0. The van der Waals surface area contributed by atoms with E-state index in [-0.39, 0.29) is 64.4 Å². The predicted molar refractivity (Wildman–Crippen MR) is 120 cm³/mol. The Hall–Kier alpha value is 0.501. The Balaban J connectivity index is -0.00000182. The van der Waals surface area contributed by atoms with Crippen molar-refractivity contribution in [3.8, 4) is 0 Å². The molecule has 0 heterocycles. The van der Waals surface area contributed by atoms with Crippen LogP contribution >= 0.6 is 0 Å². The van der Waals surface area contributed by atoms with Crippen molar-refractivity contribution in [1.29, 1.82) is 0 Å². The quantitative estimate of drug-likeness (QED) is 0.213. The van der Waals surface area contributed by atoms with Gasteiger partial charge in [-0.1, -0.05) is 76.1 Å². The molecule has 2 rings (SSSR count). The molecular formula is C25H39Cl3SiTi. The minimum Gasteiger partial charge on any atom is -1.00 e. The molecule has 0 aromatic heterocycles. The van der Waals surface area contributed by atoms with Gasteiger partial charge in [0, 0.05) is 0 Å². The number of unbranched alkanes of at least 4 members (excludes halogenated alkanes) is 2. The Bertz CT molecular complexity index is 730. The predicted octanol–water partition coefficient (Wildman–Crippen LogP) is -2.95. The van der Waals surface area contributed by atoms with Crippen LogP contribution in [0.4, 0.5) is 0 Å². The molecule has 0 atom stereocenters. The van der Waals surface area contributed by atoms with E-state index in [0.29, 0.717) is 0 Å². The monoisotopic (exact) mass is 520 g/mol. The summed E-state index contributed by atoms with van der Waals surface area (Å²) in [6.45, 7) is 21.0. The zero-order valence-electron chi connectivity index (χ0n) is 20.4. The maximum absolute atomic E-state index is 3.87. The van der Waals surface area contributed by atoms with Gasteiger partial charge in [0.05, 0.1) is 0 Å². The number of rotatable bonds is 6. The summed E-state index contributed by atoms with van der Waals surface area (Å²) in [6.07, 6.45) is 10.3. The van der Waals surface area contributed by atoms with Crippen molar-refractivity contribution in [2.75, 3.05) is 0 Å². The molecule has 1 aliphatic carbocycles. The number of hydrogen-bond donors (Lipinski definition) is 0. The summed E-state index contributed by atoms with van der Waals surface area (Å²) in [5.74, 6) is 0. The van der Waals surface area contributed by atoms with E-state index in [1.165, 1.54) is 54.4 Å². The van der Waals surface area contributed by atoms with Crippen molar-refractivity contribution in [2.45, 2.75) is 94.4 Å². The molecule has 0 amide bonds. The SMILES string of the molecule is CCCCCC1=[C-]C(C(C)(C)C)=C([SiH2]c2c(C)c(C)c(C)c(C)c2C)C1.[Cl-].[Cl-].[Cl-].[Ti+4]. The second kappa shape index (κ2) is 14.6. The largest absolute Gasteiger partial charge is 4.00 e. The first-order valence-corrected chi connectivity index (χ1v) is 11.9. The Morgan fingerprint density at radius 1 is 0.800 bits per heavy atom. The molecule has 0 nitrogen and oxygen atoms in total. The van der Waals surface area contributed by atoms with Crippen LogP contribution < -0.4 is 42.4 Å². The van der Waals surface area contributed by atoms with E-state index in [1.54, 1.807) is 27.1 Å². The molecule has 0 spiro atoms. The third-order valence-electron chi connectivity index (χ3n) is 6.46. The standard InChI is InChI=1S/C25H39Si.3ClH.Ti/c1-10-11-12-13-21-14-22(25(7,8)9)23(15-21)26-24-19(5)17(3)16(2)18(4)20(24)6;;;;/h10-13,15,26H2,1-9H3;3*1H;/q-1;;;;+4/p-3. The molecule has 0 bridgehead atoms. The zero-order valence-corrected chi connectivity index (χ0v) is 25.6. The third-order valence-corrected chi connectivity index (χ3v) is 8.90. The van der Waals surface area contributed by atoms with Gasteiger partial charge in [0.1, 0.15) is 0 Å². The fraction of sp³-hybridized carbons (Fsp3) is 0.600. The molecular weight excluding hydrogens is 483 g/mol. The number of allylic oxidation sites excluding steroid dienone is 4. The molecule has 0 radical (unpaired) electrons. The van der Waals surface area contributed by atoms with Crippen LogP contribution in [-0.4, -0.2) is 9.52 Å². The van der Waals surface area contributed by atoms with Crippen LogP contribution in [0.3, 0.4) is 0 Å². The van der Waals surface area contributed by atoms with Crippen molar-refractivity contribution in [3.05, 3.63) is 50.2 Å². The van der Waals surface area contributed by atoms with Gasteiger partial charge in [0.15, 0.2) is 0 Å². The Morgan fingerprint density at radius 2 is 1.27 bits per heavy atom. The smallest absolute Gasteiger partial charge is 1.00 e. The van der Waals surface area contributed by atoms with E-state index in [0.717, 1.165) is 0 Å². The molecule has 1 aromatic carbocycles.